The minimum Gasteiger partial charge on any atom is -0.352 e. The molecule has 0 spiro atoms. The van der Waals surface area contributed by atoms with Crippen LogP contribution in [0.15, 0.2) is 48.5 Å². The molecular formula is C13H12N2S. The van der Waals surface area contributed by atoms with E-state index in [0.29, 0.717) is 0 Å². The molecule has 0 bridgehead atoms. The molecule has 0 saturated heterocycles. The van der Waals surface area contributed by atoms with Gasteiger partial charge in [-0.1, -0.05) is 24.3 Å². The standard InChI is InChI=1S/C13H12N2S/c1-16-15-12-8-4-2-6-10(12)14-11-7-3-5-9-13(11)15/h2-9,14H,1H3. The van der Waals surface area contributed by atoms with Gasteiger partial charge in [-0.15, -0.1) is 0 Å². The van der Waals surface area contributed by atoms with Gasteiger partial charge in [0.1, 0.15) is 0 Å². The Balaban J connectivity index is 2.19. The van der Waals surface area contributed by atoms with Crippen molar-refractivity contribution in [3.05, 3.63) is 48.5 Å². The Morgan fingerprint density at radius 3 is 1.88 bits per heavy atom. The van der Waals surface area contributed by atoms with Crippen molar-refractivity contribution in [2.45, 2.75) is 0 Å². The normalized spacial score (nSPS) is 12.7. The van der Waals surface area contributed by atoms with E-state index in [9.17, 15) is 0 Å². The zero-order valence-corrected chi connectivity index (χ0v) is 9.79. The highest BCUT2D eigenvalue weighted by molar-refractivity contribution is 8.00. The Morgan fingerprint density at radius 2 is 1.38 bits per heavy atom. The molecule has 2 aromatic carbocycles. The maximum Gasteiger partial charge on any atom is 0.0761 e. The quantitative estimate of drug-likeness (QED) is 0.738. The van der Waals surface area contributed by atoms with E-state index < -0.39 is 0 Å². The zero-order chi connectivity index (χ0) is 11.0. The second-order valence-electron chi connectivity index (χ2n) is 3.64. The van der Waals surface area contributed by atoms with E-state index in [4.69, 9.17) is 0 Å². The molecule has 0 radical (unpaired) electrons. The predicted molar refractivity (Wildman–Crippen MR) is 71.8 cm³/mol. The third-order valence-electron chi connectivity index (χ3n) is 2.70. The number of nitrogens with zero attached hydrogens (tertiary/aromatic N) is 1. The number of hydrogen-bond acceptors (Lipinski definition) is 3. The minimum atomic E-state index is 1.16. The van der Waals surface area contributed by atoms with Crippen molar-refractivity contribution >= 4 is 34.7 Å². The van der Waals surface area contributed by atoms with E-state index in [2.05, 4.69) is 64.4 Å². The summed E-state index contributed by atoms with van der Waals surface area (Å²) in [7, 11) is 0. The van der Waals surface area contributed by atoms with Gasteiger partial charge in [-0.05, 0) is 36.2 Å². The summed E-state index contributed by atoms with van der Waals surface area (Å²) in [5, 5.41) is 3.45. The van der Waals surface area contributed by atoms with Gasteiger partial charge in [0.05, 0.1) is 22.7 Å². The van der Waals surface area contributed by atoms with Gasteiger partial charge >= 0.3 is 0 Å². The second kappa shape index (κ2) is 3.76. The fourth-order valence-corrected chi connectivity index (χ4v) is 2.70. The van der Waals surface area contributed by atoms with Gasteiger partial charge < -0.3 is 5.32 Å². The van der Waals surface area contributed by atoms with Crippen LogP contribution in [0.2, 0.25) is 0 Å². The maximum absolute atomic E-state index is 3.45. The number of hydrogen-bond donors (Lipinski definition) is 1. The lowest BCUT2D eigenvalue weighted by molar-refractivity contribution is 1.37. The first-order valence-electron chi connectivity index (χ1n) is 5.19. The molecule has 0 saturated carbocycles. The summed E-state index contributed by atoms with van der Waals surface area (Å²) < 4.78 is 2.25. The molecule has 0 aliphatic carbocycles. The first kappa shape index (κ1) is 9.60. The van der Waals surface area contributed by atoms with Crippen LogP contribution in [0.1, 0.15) is 0 Å². The highest BCUT2D eigenvalue weighted by Crippen LogP contribution is 2.45. The van der Waals surface area contributed by atoms with Gasteiger partial charge in [0.25, 0.3) is 0 Å². The third kappa shape index (κ3) is 1.36. The van der Waals surface area contributed by atoms with Crippen LogP contribution >= 0.6 is 11.9 Å². The molecule has 2 nitrogen and oxygen atoms in total. The Hall–Kier alpha value is -1.61. The molecule has 0 amide bonds. The molecule has 0 unspecified atom stereocenters. The van der Waals surface area contributed by atoms with Crippen molar-refractivity contribution in [2.75, 3.05) is 15.9 Å². The van der Waals surface area contributed by atoms with E-state index >= 15 is 0 Å². The summed E-state index contributed by atoms with van der Waals surface area (Å²) in [5.41, 5.74) is 4.76. The first-order valence-corrected chi connectivity index (χ1v) is 6.37. The predicted octanol–water partition coefficient (Wildman–Crippen LogP) is 4.16. The summed E-state index contributed by atoms with van der Waals surface area (Å²) in [6.07, 6.45) is 2.10. The molecule has 1 aliphatic heterocycles. The molecule has 3 rings (SSSR count). The Morgan fingerprint density at radius 1 is 0.875 bits per heavy atom. The summed E-state index contributed by atoms with van der Waals surface area (Å²) in [4.78, 5) is 0. The van der Waals surface area contributed by atoms with Crippen LogP contribution < -0.4 is 9.62 Å². The van der Waals surface area contributed by atoms with Crippen LogP contribution in [0.4, 0.5) is 22.7 Å². The average Bonchev–Trinajstić information content (AvgIpc) is 2.36. The molecule has 0 aromatic heterocycles. The van der Waals surface area contributed by atoms with Gasteiger partial charge in [-0.25, -0.2) is 0 Å². The first-order chi connectivity index (χ1) is 7.90. The van der Waals surface area contributed by atoms with Crippen LogP contribution in [-0.4, -0.2) is 6.26 Å². The fraction of sp³-hybridized carbons (Fsp3) is 0.0769. The number of para-hydroxylation sites is 4. The van der Waals surface area contributed by atoms with E-state index in [-0.39, 0.29) is 0 Å². The van der Waals surface area contributed by atoms with E-state index in [1.165, 1.54) is 11.4 Å². The third-order valence-corrected chi connectivity index (χ3v) is 3.46. The topological polar surface area (TPSA) is 15.3 Å². The van der Waals surface area contributed by atoms with E-state index in [1.54, 1.807) is 11.9 Å². The van der Waals surface area contributed by atoms with Gasteiger partial charge in [0, 0.05) is 6.26 Å². The Bertz CT molecular complexity index is 479. The second-order valence-corrected chi connectivity index (χ2v) is 4.37. The molecule has 80 valence electrons. The van der Waals surface area contributed by atoms with Crippen LogP contribution in [0.5, 0.6) is 0 Å². The summed E-state index contributed by atoms with van der Waals surface area (Å²) in [6.45, 7) is 0. The van der Waals surface area contributed by atoms with E-state index in [1.807, 2.05) is 0 Å². The molecular weight excluding hydrogens is 216 g/mol. The minimum absolute atomic E-state index is 1.16. The van der Waals surface area contributed by atoms with Crippen molar-refractivity contribution in [1.82, 2.24) is 0 Å². The van der Waals surface area contributed by atoms with Gasteiger partial charge in [-0.3, -0.25) is 4.31 Å². The van der Waals surface area contributed by atoms with Crippen molar-refractivity contribution < 1.29 is 0 Å². The van der Waals surface area contributed by atoms with Crippen molar-refractivity contribution in [1.29, 1.82) is 0 Å². The molecule has 1 heterocycles. The number of benzene rings is 2. The van der Waals surface area contributed by atoms with Crippen molar-refractivity contribution in [2.24, 2.45) is 0 Å². The monoisotopic (exact) mass is 228 g/mol. The zero-order valence-electron chi connectivity index (χ0n) is 8.97. The molecule has 1 N–H and O–H groups in total. The summed E-state index contributed by atoms with van der Waals surface area (Å²) >= 11 is 1.72. The number of nitrogens with one attached hydrogen (secondary N) is 1. The lowest BCUT2D eigenvalue weighted by Crippen LogP contribution is -2.14. The van der Waals surface area contributed by atoms with Crippen LogP contribution in [0.25, 0.3) is 0 Å². The van der Waals surface area contributed by atoms with Crippen molar-refractivity contribution in [3.63, 3.8) is 0 Å². The van der Waals surface area contributed by atoms with E-state index in [0.717, 1.165) is 11.4 Å². The molecule has 3 heteroatoms. The Labute approximate surface area is 99.4 Å². The largest absolute Gasteiger partial charge is 0.352 e. The number of rotatable bonds is 1. The van der Waals surface area contributed by atoms with Crippen LogP contribution in [0, 0.1) is 0 Å². The number of fused-ring (bicyclic) bond motifs is 2. The molecule has 2 aromatic rings. The molecule has 1 aliphatic rings. The molecule has 0 fully saturated rings. The molecule has 0 atom stereocenters. The lowest BCUT2D eigenvalue weighted by atomic mass is 10.1. The summed E-state index contributed by atoms with van der Waals surface area (Å²) in [5.74, 6) is 0. The SMILES string of the molecule is CSN1c2ccccc2Nc2ccccc21. The lowest BCUT2D eigenvalue weighted by Gasteiger charge is -2.31. The maximum atomic E-state index is 3.45. The average molecular weight is 228 g/mol. The van der Waals surface area contributed by atoms with Crippen molar-refractivity contribution in [3.8, 4) is 0 Å². The summed E-state index contributed by atoms with van der Waals surface area (Å²) in [6, 6.07) is 16.7. The van der Waals surface area contributed by atoms with Crippen LogP contribution in [-0.2, 0) is 0 Å². The fourth-order valence-electron chi connectivity index (χ4n) is 1.98. The van der Waals surface area contributed by atoms with Crippen LogP contribution in [0.3, 0.4) is 0 Å². The highest BCUT2D eigenvalue weighted by atomic mass is 32.2. The smallest absolute Gasteiger partial charge is 0.0761 e. The van der Waals surface area contributed by atoms with Gasteiger partial charge in [0.15, 0.2) is 0 Å². The van der Waals surface area contributed by atoms with Gasteiger partial charge in [0.2, 0.25) is 0 Å². The highest BCUT2D eigenvalue weighted by Gasteiger charge is 2.20. The number of anilines is 4. The Kier molecular flexibility index (Phi) is 2.26. The van der Waals surface area contributed by atoms with Gasteiger partial charge in [-0.2, -0.15) is 0 Å². The molecule has 16 heavy (non-hydrogen) atoms.